The smallest absolute Gasteiger partial charge is 0.407 e. The van der Waals surface area contributed by atoms with Crippen molar-refractivity contribution in [1.29, 1.82) is 0 Å². The molecule has 6 atom stereocenters. The second kappa shape index (κ2) is 13.4. The van der Waals surface area contributed by atoms with E-state index in [1.807, 2.05) is 31.1 Å². The van der Waals surface area contributed by atoms with Gasteiger partial charge in [0.25, 0.3) is 0 Å². The standard InChI is InChI=1S/C41H43N7O3/c1-5-6-24-15-32(42-20-24)38-43-22-34(45-38)30-14-13-28-16-27(11-12-29(28)17-30)25-7-9-26(10-8-25)33-21-44-39(46-33)36-19-31-18-35(31)48(36)40(49)37(23(2)3)47-41(50)51-4/h1,7-14,16-17,21-24,31-32,35-37,42H,6,15,18-20H2,2-4H3,(H,43,45)(H,44,46)(H,47,50)/t24-,31?,32+,35-,36+,37+/m1/s1. The van der Waals surface area contributed by atoms with Gasteiger partial charge in [0, 0.05) is 29.8 Å². The Kier molecular flexibility index (Phi) is 8.60. The number of hydrogen-bond donors (Lipinski definition) is 4. The molecule has 0 spiro atoms. The van der Waals surface area contributed by atoms with Crippen LogP contribution in [0.3, 0.4) is 0 Å². The van der Waals surface area contributed by atoms with Crippen LogP contribution in [0, 0.1) is 30.1 Å². The van der Waals surface area contributed by atoms with E-state index < -0.39 is 12.1 Å². The number of imidazole rings is 2. The number of methoxy groups -OCH3 is 1. The Labute approximate surface area is 297 Å². The van der Waals surface area contributed by atoms with Crippen molar-refractivity contribution in [2.45, 2.75) is 63.7 Å². The minimum Gasteiger partial charge on any atom is -0.453 e. The fourth-order valence-electron chi connectivity index (χ4n) is 7.96. The number of aromatic nitrogens is 4. The fraction of sp³-hybridized carbons (Fsp3) is 0.366. The van der Waals surface area contributed by atoms with Crippen molar-refractivity contribution < 1.29 is 14.3 Å². The van der Waals surface area contributed by atoms with E-state index in [1.165, 1.54) is 17.9 Å². The summed E-state index contributed by atoms with van der Waals surface area (Å²) in [5.74, 6) is 5.33. The Morgan fingerprint density at radius 3 is 2.45 bits per heavy atom. The number of carbonyl (C=O) groups excluding carboxylic acids is 2. The molecule has 1 saturated carbocycles. The van der Waals surface area contributed by atoms with E-state index in [1.54, 1.807) is 0 Å². The number of aromatic amines is 2. The molecule has 10 nitrogen and oxygen atoms in total. The quantitative estimate of drug-likeness (QED) is 0.124. The van der Waals surface area contributed by atoms with Crippen LogP contribution < -0.4 is 10.6 Å². The highest BCUT2D eigenvalue weighted by Gasteiger charge is 2.56. The van der Waals surface area contributed by atoms with E-state index in [9.17, 15) is 9.59 Å². The van der Waals surface area contributed by atoms with Crippen molar-refractivity contribution in [1.82, 2.24) is 35.5 Å². The molecular weight excluding hydrogens is 638 g/mol. The van der Waals surface area contributed by atoms with Gasteiger partial charge in [-0.05, 0) is 77.6 Å². The van der Waals surface area contributed by atoms with Crippen LogP contribution in [0.1, 0.15) is 63.3 Å². The number of fused-ring (bicyclic) bond motifs is 2. The number of carbonyl (C=O) groups is 2. The van der Waals surface area contributed by atoms with Gasteiger partial charge >= 0.3 is 6.09 Å². The lowest BCUT2D eigenvalue weighted by Crippen LogP contribution is -2.52. The molecule has 0 radical (unpaired) electrons. The molecule has 3 fully saturated rings. The summed E-state index contributed by atoms with van der Waals surface area (Å²) in [5.41, 5.74) is 6.21. The molecule has 2 amide bonds. The summed E-state index contributed by atoms with van der Waals surface area (Å²) in [6.07, 6.45) is 12.4. The number of H-pyrrole nitrogens is 2. The highest BCUT2D eigenvalue weighted by atomic mass is 16.5. The number of benzene rings is 3. The number of piperidine rings is 1. The monoisotopic (exact) mass is 681 g/mol. The second-order valence-electron chi connectivity index (χ2n) is 14.6. The minimum absolute atomic E-state index is 0.0792. The normalized spacial score (nSPS) is 22.9. The lowest BCUT2D eigenvalue weighted by atomic mass is 9.98. The highest BCUT2D eigenvalue weighted by Crippen LogP contribution is 2.53. The topological polar surface area (TPSA) is 128 Å². The molecule has 1 unspecified atom stereocenters. The Hall–Kier alpha value is -5.40. The first-order valence-electron chi connectivity index (χ1n) is 17.9. The summed E-state index contributed by atoms with van der Waals surface area (Å²) in [4.78, 5) is 44.2. The van der Waals surface area contributed by atoms with Crippen LogP contribution in [0.15, 0.2) is 73.1 Å². The molecule has 10 heteroatoms. The van der Waals surface area contributed by atoms with Gasteiger partial charge in [0.2, 0.25) is 5.91 Å². The lowest BCUT2D eigenvalue weighted by Gasteiger charge is -2.31. The number of hydrogen-bond acceptors (Lipinski definition) is 6. The predicted octanol–water partition coefficient (Wildman–Crippen LogP) is 7.00. The van der Waals surface area contributed by atoms with Crippen LogP contribution in [0.2, 0.25) is 0 Å². The van der Waals surface area contributed by atoms with Gasteiger partial charge in [-0.15, -0.1) is 12.3 Å². The Bertz CT molecular complexity index is 2130. The van der Waals surface area contributed by atoms with Gasteiger partial charge < -0.3 is 30.2 Å². The summed E-state index contributed by atoms with van der Waals surface area (Å²) in [5, 5.41) is 8.63. The van der Waals surface area contributed by atoms with Gasteiger partial charge in [-0.2, -0.15) is 0 Å². The van der Waals surface area contributed by atoms with E-state index in [0.29, 0.717) is 11.8 Å². The molecule has 2 aromatic heterocycles. The number of rotatable bonds is 9. The molecule has 3 aromatic carbocycles. The van der Waals surface area contributed by atoms with Gasteiger partial charge in [0.15, 0.2) is 0 Å². The molecule has 51 heavy (non-hydrogen) atoms. The van der Waals surface area contributed by atoms with Crippen LogP contribution in [-0.2, 0) is 9.53 Å². The number of nitrogens with one attached hydrogen (secondary N) is 4. The molecule has 1 aliphatic carbocycles. The molecule has 2 aliphatic heterocycles. The van der Waals surface area contributed by atoms with Crippen molar-refractivity contribution in [3.05, 3.63) is 84.7 Å². The maximum absolute atomic E-state index is 13.7. The molecule has 3 aliphatic rings. The fourth-order valence-corrected chi connectivity index (χ4v) is 7.96. The number of ether oxygens (including phenoxy) is 1. The van der Waals surface area contributed by atoms with Crippen LogP contribution in [0.4, 0.5) is 4.79 Å². The van der Waals surface area contributed by atoms with Gasteiger partial charge in [0.05, 0.1) is 36.8 Å². The van der Waals surface area contributed by atoms with E-state index >= 15 is 0 Å². The molecular formula is C41H43N7O3. The number of terminal acetylenes is 1. The Balaban J connectivity index is 0.956. The predicted molar refractivity (Wildman–Crippen MR) is 197 cm³/mol. The summed E-state index contributed by atoms with van der Waals surface area (Å²) >= 11 is 0. The molecule has 4 heterocycles. The third kappa shape index (κ3) is 6.38. The second-order valence-corrected chi connectivity index (χ2v) is 14.6. The molecule has 5 aromatic rings. The van der Waals surface area contributed by atoms with Gasteiger partial charge in [0.1, 0.15) is 17.7 Å². The maximum Gasteiger partial charge on any atom is 0.407 e. The zero-order valence-corrected chi connectivity index (χ0v) is 29.1. The first-order chi connectivity index (χ1) is 24.8. The zero-order chi connectivity index (χ0) is 35.2. The minimum atomic E-state index is -0.657. The number of likely N-dealkylation sites (tertiary alicyclic amines) is 1. The summed E-state index contributed by atoms with van der Waals surface area (Å²) in [6, 6.07) is 21.1. The summed E-state index contributed by atoms with van der Waals surface area (Å²) < 4.78 is 4.79. The largest absolute Gasteiger partial charge is 0.453 e. The molecule has 0 bridgehead atoms. The van der Waals surface area contributed by atoms with E-state index in [0.717, 1.165) is 77.5 Å². The third-order valence-electron chi connectivity index (χ3n) is 10.9. The Morgan fingerprint density at radius 2 is 1.71 bits per heavy atom. The first kappa shape index (κ1) is 32.8. The number of amides is 2. The number of nitrogens with zero attached hydrogens (tertiary/aromatic N) is 3. The lowest BCUT2D eigenvalue weighted by molar-refractivity contribution is -0.136. The van der Waals surface area contributed by atoms with E-state index in [4.69, 9.17) is 16.1 Å². The molecule has 260 valence electrons. The molecule has 4 N–H and O–H groups in total. The van der Waals surface area contributed by atoms with Gasteiger partial charge in [-0.1, -0.05) is 62.4 Å². The summed E-state index contributed by atoms with van der Waals surface area (Å²) in [6.45, 7) is 4.79. The molecule has 2 saturated heterocycles. The van der Waals surface area contributed by atoms with Crippen LogP contribution in [0.25, 0.3) is 44.4 Å². The van der Waals surface area contributed by atoms with Crippen LogP contribution in [0.5, 0.6) is 0 Å². The third-order valence-corrected chi connectivity index (χ3v) is 10.9. The average Bonchev–Trinajstić information content (AvgIpc) is 3.68. The van der Waals surface area contributed by atoms with Crippen molar-refractivity contribution >= 4 is 22.8 Å². The van der Waals surface area contributed by atoms with Gasteiger partial charge in [-0.25, -0.2) is 14.8 Å². The zero-order valence-electron chi connectivity index (χ0n) is 29.1. The SMILES string of the molecule is C#CC[C@H]1CN[C@H](c2ncc(-c3ccc4cc(-c5ccc(-c6c[nH]c([C@@H]7CC8C[C@H]8N7C(=O)[C@@H](NC(=O)OC)C(C)C)n6)cc5)ccc4c3)[nH]2)C1. The van der Waals surface area contributed by atoms with E-state index in [-0.39, 0.29) is 30.0 Å². The van der Waals surface area contributed by atoms with Crippen molar-refractivity contribution in [3.63, 3.8) is 0 Å². The van der Waals surface area contributed by atoms with Crippen molar-refractivity contribution in [2.24, 2.45) is 17.8 Å². The van der Waals surface area contributed by atoms with Crippen molar-refractivity contribution in [3.8, 4) is 46.0 Å². The van der Waals surface area contributed by atoms with Crippen molar-refractivity contribution in [2.75, 3.05) is 13.7 Å². The van der Waals surface area contributed by atoms with E-state index in [2.05, 4.69) is 92.2 Å². The summed E-state index contributed by atoms with van der Waals surface area (Å²) in [7, 11) is 1.31. The van der Waals surface area contributed by atoms with Crippen LogP contribution in [-0.4, -0.2) is 62.6 Å². The first-order valence-corrected chi connectivity index (χ1v) is 17.9. The van der Waals surface area contributed by atoms with Gasteiger partial charge in [-0.3, -0.25) is 4.79 Å². The van der Waals surface area contributed by atoms with Crippen LogP contribution >= 0.6 is 0 Å². The average molecular weight is 682 g/mol. The maximum atomic E-state index is 13.7. The number of alkyl carbamates (subject to hydrolysis) is 1. The Morgan fingerprint density at radius 1 is 0.980 bits per heavy atom. The highest BCUT2D eigenvalue weighted by molar-refractivity contribution is 5.91. The molecule has 8 rings (SSSR count).